The fraction of sp³-hybridized carbons (Fsp3) is 0. The van der Waals surface area contributed by atoms with Gasteiger partial charge in [-0.25, -0.2) is 0 Å². The molecule has 0 atom stereocenters. The van der Waals surface area contributed by atoms with Crippen LogP contribution in [-0.2, 0) is 0 Å². The topological polar surface area (TPSA) is 16.4 Å². The summed E-state index contributed by atoms with van der Waals surface area (Å²) in [6.07, 6.45) is 0. The quantitative estimate of drug-likeness (QED) is 0.175. The van der Waals surface area contributed by atoms with Gasteiger partial charge in [0, 0.05) is 33.4 Å². The molecule has 10 rings (SSSR count). The summed E-state index contributed by atoms with van der Waals surface area (Å²) in [4.78, 5) is 1.33. The molecule has 0 unspecified atom stereocenters. The molecule has 0 bridgehead atoms. The number of nitrogens with zero attached hydrogens (tertiary/aromatic N) is 1. The molecule has 0 saturated heterocycles. The fourth-order valence-corrected chi connectivity index (χ4v) is 6.95. The third kappa shape index (κ3) is 5.30. The number of hydrogen-bond acceptors (Lipinski definition) is 2. The minimum absolute atomic E-state index is 0.111. The second-order valence-electron chi connectivity index (χ2n) is 12.7. The molecular weight excluding hydrogens is 631 g/mol. The zero-order valence-electron chi connectivity index (χ0n) is 35.8. The first-order valence-electron chi connectivity index (χ1n) is 21.1. The van der Waals surface area contributed by atoms with Gasteiger partial charge >= 0.3 is 0 Å². The highest BCUT2D eigenvalue weighted by molar-refractivity contribution is 6.09. The van der Waals surface area contributed by atoms with Gasteiger partial charge in [-0.15, -0.1) is 0 Å². The van der Waals surface area contributed by atoms with Crippen molar-refractivity contribution in [3.8, 4) is 33.4 Å². The Morgan fingerprint density at radius 3 is 1.46 bits per heavy atom. The summed E-state index contributed by atoms with van der Waals surface area (Å²) in [5, 5.41) is 5.64. The van der Waals surface area contributed by atoms with E-state index in [0.717, 1.165) is 49.0 Å². The first kappa shape index (κ1) is 22.7. The van der Waals surface area contributed by atoms with Gasteiger partial charge in [-0.3, -0.25) is 0 Å². The van der Waals surface area contributed by atoms with Crippen LogP contribution in [0.5, 0.6) is 0 Å². The number of benzene rings is 9. The molecule has 52 heavy (non-hydrogen) atoms. The van der Waals surface area contributed by atoms with Crippen molar-refractivity contribution in [2.45, 2.75) is 0 Å². The minimum Gasteiger partial charge on any atom is -0.455 e. The Balaban J connectivity index is 1.19. The van der Waals surface area contributed by atoms with Crippen molar-refractivity contribution in [1.82, 2.24) is 0 Å². The van der Waals surface area contributed by atoms with E-state index in [0.29, 0.717) is 22.4 Å². The molecule has 0 spiro atoms. The van der Waals surface area contributed by atoms with Gasteiger partial charge in [-0.2, -0.15) is 0 Å². The largest absolute Gasteiger partial charge is 0.455 e. The Hall–Kier alpha value is -6.90. The molecule has 0 fully saturated rings. The predicted molar refractivity (Wildman–Crippen MR) is 220 cm³/mol. The zero-order chi connectivity index (χ0) is 41.4. The summed E-state index contributed by atoms with van der Waals surface area (Å²) in [6, 6.07) is 44.5. The van der Waals surface area contributed by atoms with Crippen LogP contribution in [0.2, 0.25) is 0 Å². The van der Waals surface area contributed by atoms with E-state index in [1.54, 1.807) is 24.3 Å². The van der Waals surface area contributed by atoms with Gasteiger partial charge in [-0.1, -0.05) is 145 Å². The van der Waals surface area contributed by atoms with E-state index in [1.165, 1.54) is 4.90 Å². The van der Waals surface area contributed by atoms with Crippen molar-refractivity contribution in [3.63, 3.8) is 0 Å². The van der Waals surface area contributed by atoms with Crippen molar-refractivity contribution in [1.29, 1.82) is 0 Å². The van der Waals surface area contributed by atoms with E-state index in [-0.39, 0.29) is 46.7 Å². The molecule has 2 heteroatoms. The van der Waals surface area contributed by atoms with Gasteiger partial charge in [0.15, 0.2) is 0 Å². The minimum atomic E-state index is -0.397. The van der Waals surface area contributed by atoms with Crippen LogP contribution in [0, 0.1) is 0 Å². The maximum absolute atomic E-state index is 9.48. The lowest BCUT2D eigenvalue weighted by molar-refractivity contribution is 0.670. The van der Waals surface area contributed by atoms with Crippen LogP contribution in [0.25, 0.3) is 76.9 Å². The molecule has 0 aliphatic rings. The van der Waals surface area contributed by atoms with E-state index in [1.807, 2.05) is 127 Å². The highest BCUT2D eigenvalue weighted by Crippen LogP contribution is 2.40. The molecule has 0 saturated carbocycles. The van der Waals surface area contributed by atoms with Crippen molar-refractivity contribution < 1.29 is 15.4 Å². The van der Waals surface area contributed by atoms with Crippen LogP contribution < -0.4 is 4.90 Å². The molecule has 0 aliphatic carbocycles. The number of fused-ring (bicyclic) bond motifs is 5. The van der Waals surface area contributed by atoms with Crippen LogP contribution in [0.4, 0.5) is 17.1 Å². The molecule has 0 aliphatic heterocycles. The first-order valence-corrected chi connectivity index (χ1v) is 17.1. The average molecular weight is 672 g/mol. The number of anilines is 3. The van der Waals surface area contributed by atoms with E-state index in [9.17, 15) is 11.0 Å². The smallest absolute Gasteiger partial charge is 0.143 e. The van der Waals surface area contributed by atoms with Crippen LogP contribution in [0.15, 0.2) is 204 Å². The van der Waals surface area contributed by atoms with Crippen LogP contribution in [0.1, 0.15) is 11.0 Å². The molecule has 244 valence electrons. The average Bonchev–Trinajstić information content (AvgIpc) is 3.66. The number of rotatable bonds is 6. The Morgan fingerprint density at radius 2 is 0.865 bits per heavy atom. The molecular formula is C50H33NO. The Labute approximate surface area is 313 Å². The molecule has 10 aromatic rings. The summed E-state index contributed by atoms with van der Waals surface area (Å²) < 4.78 is 81.5. The SMILES string of the molecule is [2H]c1c([2H])c(N(c2ccc(-c3cccc4c3oc3ccccc34)cc2)c2c([2H])c([2H])c(-c3ccc4ccccc4c3)c([2H])c2[2H])c([2H])c([2H])c1-c1ccc2ccccc2c1. The number of furan rings is 1. The lowest BCUT2D eigenvalue weighted by Gasteiger charge is -2.26. The fourth-order valence-electron chi connectivity index (χ4n) is 6.95. The third-order valence-corrected chi connectivity index (χ3v) is 9.59. The highest BCUT2D eigenvalue weighted by atomic mass is 16.3. The Bertz CT molecular complexity index is 3170. The summed E-state index contributed by atoms with van der Waals surface area (Å²) in [6.45, 7) is 0. The van der Waals surface area contributed by atoms with Crippen LogP contribution >= 0.6 is 0 Å². The number of hydrogen-bond donors (Lipinski definition) is 0. The summed E-state index contributed by atoms with van der Waals surface area (Å²) in [5.41, 5.74) is 4.23. The van der Waals surface area contributed by atoms with Gasteiger partial charge in [-0.05, 0) is 104 Å². The molecule has 1 aromatic heterocycles. The molecule has 0 radical (unpaired) electrons. The molecule has 0 amide bonds. The Morgan fingerprint density at radius 1 is 0.365 bits per heavy atom. The standard InChI is InChI=1S/C50H33NO/c1-3-10-39-32-41(18-16-34(39)8-1)36-20-26-43(27-21-36)51(44-28-22-37(23-29-44)42-19-17-35-9-2-4-11-40(35)33-42)45-30-24-38(25-31-45)46-13-7-14-48-47-12-5-6-15-49(47)52-50(46)48/h1-33H/i20D,21D,22D,23D,26D,27D,28D,29D. The van der Waals surface area contributed by atoms with Crippen molar-refractivity contribution in [2.24, 2.45) is 0 Å². The highest BCUT2D eigenvalue weighted by Gasteiger charge is 2.16. The van der Waals surface area contributed by atoms with Crippen molar-refractivity contribution in [2.75, 3.05) is 4.90 Å². The number of para-hydroxylation sites is 2. The van der Waals surface area contributed by atoms with Crippen LogP contribution in [-0.4, -0.2) is 0 Å². The van der Waals surface area contributed by atoms with E-state index in [4.69, 9.17) is 4.42 Å². The monoisotopic (exact) mass is 671 g/mol. The summed E-state index contributed by atoms with van der Waals surface area (Å²) in [7, 11) is 0. The third-order valence-electron chi connectivity index (χ3n) is 9.59. The zero-order valence-corrected chi connectivity index (χ0v) is 27.8. The van der Waals surface area contributed by atoms with Gasteiger partial charge in [0.1, 0.15) is 11.2 Å². The lowest BCUT2D eigenvalue weighted by Crippen LogP contribution is -2.09. The molecule has 0 N–H and O–H groups in total. The summed E-state index contributed by atoms with van der Waals surface area (Å²) >= 11 is 0. The first-order chi connectivity index (χ1) is 29.1. The van der Waals surface area contributed by atoms with Gasteiger partial charge in [0.05, 0.1) is 11.0 Å². The predicted octanol–water partition coefficient (Wildman–Crippen LogP) is 14.4. The molecule has 9 aromatic carbocycles. The van der Waals surface area contributed by atoms with Gasteiger partial charge in [0.2, 0.25) is 0 Å². The van der Waals surface area contributed by atoms with Crippen molar-refractivity contribution >= 4 is 60.5 Å². The second-order valence-corrected chi connectivity index (χ2v) is 12.7. The lowest BCUT2D eigenvalue weighted by atomic mass is 9.99. The van der Waals surface area contributed by atoms with E-state index in [2.05, 4.69) is 0 Å². The Kier molecular flexibility index (Phi) is 5.45. The van der Waals surface area contributed by atoms with Crippen LogP contribution in [0.3, 0.4) is 0 Å². The second kappa shape index (κ2) is 12.5. The molecule has 2 nitrogen and oxygen atoms in total. The van der Waals surface area contributed by atoms with Gasteiger partial charge in [0.25, 0.3) is 0 Å². The molecule has 1 heterocycles. The maximum atomic E-state index is 9.48. The van der Waals surface area contributed by atoms with E-state index < -0.39 is 24.2 Å². The van der Waals surface area contributed by atoms with E-state index >= 15 is 0 Å². The normalized spacial score (nSPS) is 13.6. The maximum Gasteiger partial charge on any atom is 0.143 e. The van der Waals surface area contributed by atoms with Gasteiger partial charge < -0.3 is 9.32 Å². The summed E-state index contributed by atoms with van der Waals surface area (Å²) in [5.74, 6) is 0. The van der Waals surface area contributed by atoms with Crippen molar-refractivity contribution in [3.05, 3.63) is 200 Å².